The Morgan fingerprint density at radius 1 is 1.20 bits per heavy atom. The van der Waals surface area contributed by atoms with E-state index < -0.39 is 5.97 Å². The summed E-state index contributed by atoms with van der Waals surface area (Å²) in [4.78, 5) is 11.1. The van der Waals surface area contributed by atoms with Crippen molar-refractivity contribution in [3.05, 3.63) is 52.8 Å². The van der Waals surface area contributed by atoms with E-state index in [0.29, 0.717) is 22.6 Å². The summed E-state index contributed by atoms with van der Waals surface area (Å²) in [7, 11) is 0. The van der Waals surface area contributed by atoms with Crippen molar-refractivity contribution in [1.29, 1.82) is 0 Å². The van der Waals surface area contributed by atoms with Gasteiger partial charge in [0.25, 0.3) is 0 Å². The molecule has 0 aromatic heterocycles. The quantitative estimate of drug-likeness (QED) is 0.841. The van der Waals surface area contributed by atoms with E-state index in [1.807, 2.05) is 0 Å². The van der Waals surface area contributed by atoms with E-state index in [9.17, 15) is 9.18 Å². The van der Waals surface area contributed by atoms with Gasteiger partial charge < -0.3 is 15.6 Å². The van der Waals surface area contributed by atoms with Crippen molar-refractivity contribution in [1.82, 2.24) is 0 Å². The number of hydrogen-bond donors (Lipinski definition) is 2. The summed E-state index contributed by atoms with van der Waals surface area (Å²) >= 11 is 0. The summed E-state index contributed by atoms with van der Waals surface area (Å²) in [5.41, 5.74) is 7.14. The molecule has 0 radical (unpaired) electrons. The average molecular weight is 275 g/mol. The van der Waals surface area contributed by atoms with Gasteiger partial charge in [-0.15, -0.1) is 0 Å². The van der Waals surface area contributed by atoms with Gasteiger partial charge in [0.15, 0.2) is 0 Å². The second-order valence-corrected chi connectivity index (χ2v) is 4.52. The summed E-state index contributed by atoms with van der Waals surface area (Å²) in [5, 5.41) is 9.09. The van der Waals surface area contributed by atoms with Gasteiger partial charge in [-0.25, -0.2) is 9.18 Å². The normalized spacial score (nSPS) is 10.3. The summed E-state index contributed by atoms with van der Waals surface area (Å²) in [6.07, 6.45) is 0. The maximum Gasteiger partial charge on any atom is 0.337 e. The number of nitrogens with two attached hydrogens (primary N) is 1. The van der Waals surface area contributed by atoms with Gasteiger partial charge in [0.1, 0.15) is 17.3 Å². The summed E-state index contributed by atoms with van der Waals surface area (Å²) in [6.45, 7) is 3.41. The van der Waals surface area contributed by atoms with Gasteiger partial charge in [0, 0.05) is 5.69 Å². The van der Waals surface area contributed by atoms with Crippen molar-refractivity contribution in [3.63, 3.8) is 0 Å². The number of aryl methyl sites for hydroxylation is 2. The Hall–Kier alpha value is -2.56. The Kier molecular flexibility index (Phi) is 3.61. The number of hydrogen-bond acceptors (Lipinski definition) is 3. The monoisotopic (exact) mass is 275 g/mol. The lowest BCUT2D eigenvalue weighted by Crippen LogP contribution is -2.04. The first kappa shape index (κ1) is 13.9. The molecule has 0 heterocycles. The van der Waals surface area contributed by atoms with Crippen molar-refractivity contribution >= 4 is 11.7 Å². The van der Waals surface area contributed by atoms with Gasteiger partial charge >= 0.3 is 5.97 Å². The minimum atomic E-state index is -1.12. The van der Waals surface area contributed by atoms with E-state index in [1.54, 1.807) is 19.9 Å². The fourth-order valence-electron chi connectivity index (χ4n) is 1.86. The predicted molar refractivity (Wildman–Crippen MR) is 73.8 cm³/mol. The van der Waals surface area contributed by atoms with E-state index in [2.05, 4.69) is 0 Å². The number of carbonyl (C=O) groups is 1. The van der Waals surface area contributed by atoms with Gasteiger partial charge in [0.05, 0.1) is 5.56 Å². The zero-order chi connectivity index (χ0) is 14.9. The van der Waals surface area contributed by atoms with Crippen molar-refractivity contribution in [2.45, 2.75) is 13.8 Å². The second kappa shape index (κ2) is 5.21. The third kappa shape index (κ3) is 2.71. The maximum atomic E-state index is 13.0. The molecule has 0 aliphatic rings. The van der Waals surface area contributed by atoms with Gasteiger partial charge in [-0.2, -0.15) is 0 Å². The lowest BCUT2D eigenvalue weighted by molar-refractivity contribution is 0.0697. The average Bonchev–Trinajstić information content (AvgIpc) is 2.36. The van der Waals surface area contributed by atoms with Crippen LogP contribution in [0.1, 0.15) is 21.5 Å². The van der Waals surface area contributed by atoms with Gasteiger partial charge in [-0.05, 0) is 55.3 Å². The number of halogens is 1. The molecule has 2 rings (SSSR count). The Labute approximate surface area is 115 Å². The molecule has 0 atom stereocenters. The van der Waals surface area contributed by atoms with Crippen LogP contribution >= 0.6 is 0 Å². The van der Waals surface area contributed by atoms with E-state index in [0.717, 1.165) is 0 Å². The van der Waals surface area contributed by atoms with Crippen molar-refractivity contribution in [2.24, 2.45) is 0 Å². The smallest absolute Gasteiger partial charge is 0.337 e. The number of nitrogen functional groups attached to an aromatic ring is 1. The minimum absolute atomic E-state index is 0.0141. The number of anilines is 1. The van der Waals surface area contributed by atoms with E-state index in [4.69, 9.17) is 15.6 Å². The third-order valence-corrected chi connectivity index (χ3v) is 2.96. The zero-order valence-corrected chi connectivity index (χ0v) is 11.1. The summed E-state index contributed by atoms with van der Waals surface area (Å²) < 4.78 is 18.6. The molecule has 5 heteroatoms. The predicted octanol–water partition coefficient (Wildman–Crippen LogP) is 3.52. The van der Waals surface area contributed by atoms with Gasteiger partial charge in [-0.3, -0.25) is 0 Å². The fourth-order valence-corrected chi connectivity index (χ4v) is 1.86. The molecule has 0 saturated carbocycles. The lowest BCUT2D eigenvalue weighted by Gasteiger charge is -2.12. The molecular formula is C15H14FNO3. The highest BCUT2D eigenvalue weighted by Gasteiger charge is 2.13. The van der Waals surface area contributed by atoms with Crippen LogP contribution in [0.4, 0.5) is 10.1 Å². The van der Waals surface area contributed by atoms with Crippen LogP contribution < -0.4 is 10.5 Å². The first-order valence-corrected chi connectivity index (χ1v) is 5.96. The zero-order valence-electron chi connectivity index (χ0n) is 11.1. The number of rotatable bonds is 3. The van der Waals surface area contributed by atoms with Crippen LogP contribution in [0.25, 0.3) is 0 Å². The molecule has 2 aromatic rings. The standard InChI is InChI=1S/C15H14FNO3/c1-8-5-10(16)3-4-13(8)20-11-6-9(2)14(17)12(7-11)15(18)19/h3-7H,17H2,1-2H3,(H,18,19). The maximum absolute atomic E-state index is 13.0. The molecule has 2 aromatic carbocycles. The molecule has 0 unspecified atom stereocenters. The van der Waals surface area contributed by atoms with E-state index >= 15 is 0 Å². The number of ether oxygens (including phenoxy) is 1. The molecular weight excluding hydrogens is 261 g/mol. The lowest BCUT2D eigenvalue weighted by atomic mass is 10.1. The topological polar surface area (TPSA) is 72.5 Å². The van der Waals surface area contributed by atoms with Crippen LogP contribution in [0.5, 0.6) is 11.5 Å². The van der Waals surface area contributed by atoms with Gasteiger partial charge in [0.2, 0.25) is 0 Å². The molecule has 20 heavy (non-hydrogen) atoms. The Morgan fingerprint density at radius 2 is 1.90 bits per heavy atom. The molecule has 104 valence electrons. The second-order valence-electron chi connectivity index (χ2n) is 4.52. The summed E-state index contributed by atoms with van der Waals surface area (Å²) in [6, 6.07) is 7.12. The molecule has 0 aliphatic heterocycles. The Morgan fingerprint density at radius 3 is 2.50 bits per heavy atom. The number of aromatic carboxylic acids is 1. The van der Waals surface area contributed by atoms with Gasteiger partial charge in [-0.1, -0.05) is 0 Å². The molecule has 0 aliphatic carbocycles. The fraction of sp³-hybridized carbons (Fsp3) is 0.133. The minimum Gasteiger partial charge on any atom is -0.478 e. The van der Waals surface area contributed by atoms with E-state index in [-0.39, 0.29) is 17.1 Å². The molecule has 0 saturated heterocycles. The number of carboxylic acids is 1. The van der Waals surface area contributed by atoms with Crippen molar-refractivity contribution in [2.75, 3.05) is 5.73 Å². The van der Waals surface area contributed by atoms with Crippen LogP contribution in [0.3, 0.4) is 0 Å². The highest BCUT2D eigenvalue weighted by Crippen LogP contribution is 2.30. The van der Waals surface area contributed by atoms with Crippen molar-refractivity contribution < 1.29 is 19.0 Å². The number of benzene rings is 2. The third-order valence-electron chi connectivity index (χ3n) is 2.96. The highest BCUT2D eigenvalue weighted by molar-refractivity contribution is 5.95. The molecule has 0 bridgehead atoms. The molecule has 0 fully saturated rings. The van der Waals surface area contributed by atoms with Crippen LogP contribution in [0, 0.1) is 19.7 Å². The number of carboxylic acid groups (broad SMARTS) is 1. The van der Waals surface area contributed by atoms with Crippen LogP contribution in [-0.2, 0) is 0 Å². The highest BCUT2D eigenvalue weighted by atomic mass is 19.1. The summed E-state index contributed by atoms with van der Waals surface area (Å²) in [5.74, 6) is -0.655. The van der Waals surface area contributed by atoms with Crippen LogP contribution in [0.2, 0.25) is 0 Å². The molecule has 0 spiro atoms. The van der Waals surface area contributed by atoms with E-state index in [1.165, 1.54) is 24.3 Å². The molecule has 3 N–H and O–H groups in total. The Bertz CT molecular complexity index is 683. The first-order chi connectivity index (χ1) is 9.38. The largest absolute Gasteiger partial charge is 0.478 e. The van der Waals surface area contributed by atoms with Crippen LogP contribution in [-0.4, -0.2) is 11.1 Å². The Balaban J connectivity index is 2.41. The molecule has 0 amide bonds. The molecule has 4 nitrogen and oxygen atoms in total. The first-order valence-electron chi connectivity index (χ1n) is 5.96. The van der Waals surface area contributed by atoms with Crippen molar-refractivity contribution in [3.8, 4) is 11.5 Å². The SMILES string of the molecule is Cc1cc(F)ccc1Oc1cc(C)c(N)c(C(=O)O)c1. The van der Waals surface area contributed by atoms with Crippen LogP contribution in [0.15, 0.2) is 30.3 Å².